The summed E-state index contributed by atoms with van der Waals surface area (Å²) in [7, 11) is 1.63. The van der Waals surface area contributed by atoms with E-state index in [0.717, 1.165) is 30.0 Å². The molecule has 2 heterocycles. The zero-order chi connectivity index (χ0) is 13.5. The highest BCUT2D eigenvalue weighted by molar-refractivity contribution is 5.60. The summed E-state index contributed by atoms with van der Waals surface area (Å²) >= 11 is 0. The number of nitrogens with zero attached hydrogens (tertiary/aromatic N) is 4. The van der Waals surface area contributed by atoms with Crippen molar-refractivity contribution in [1.82, 2.24) is 19.9 Å². The summed E-state index contributed by atoms with van der Waals surface area (Å²) < 4.78 is 5.09. The van der Waals surface area contributed by atoms with Gasteiger partial charge in [-0.25, -0.2) is 19.9 Å². The van der Waals surface area contributed by atoms with Crippen LogP contribution < -0.4 is 5.32 Å². The van der Waals surface area contributed by atoms with Crippen LogP contribution in [0.25, 0.3) is 11.3 Å². The number of ether oxygens (including phenoxy) is 1. The van der Waals surface area contributed by atoms with Gasteiger partial charge in [-0.2, -0.15) is 0 Å². The molecule has 0 radical (unpaired) electrons. The predicted octanol–water partition coefficient (Wildman–Crippen LogP) is 1.90. The fourth-order valence-corrected chi connectivity index (χ4v) is 1.61. The molecule has 0 unspecified atom stereocenters. The van der Waals surface area contributed by atoms with Crippen LogP contribution >= 0.6 is 0 Å². The predicted molar refractivity (Wildman–Crippen MR) is 72.6 cm³/mol. The topological polar surface area (TPSA) is 72.8 Å². The van der Waals surface area contributed by atoms with Gasteiger partial charge in [0, 0.05) is 37.7 Å². The van der Waals surface area contributed by atoms with Gasteiger partial charge in [-0.1, -0.05) is 6.92 Å². The molecule has 6 nitrogen and oxygen atoms in total. The quantitative estimate of drug-likeness (QED) is 0.854. The maximum Gasteiger partial charge on any atom is 0.157 e. The van der Waals surface area contributed by atoms with Gasteiger partial charge < -0.3 is 10.1 Å². The Bertz CT molecular complexity index is 518. The molecule has 19 heavy (non-hydrogen) atoms. The van der Waals surface area contributed by atoms with E-state index in [1.165, 1.54) is 6.33 Å². The number of hydrogen-bond acceptors (Lipinski definition) is 6. The molecule has 0 bridgehead atoms. The second kappa shape index (κ2) is 6.75. The Hall–Kier alpha value is -2.08. The lowest BCUT2D eigenvalue weighted by Crippen LogP contribution is -2.06. The van der Waals surface area contributed by atoms with Crippen LogP contribution in [-0.4, -0.2) is 33.6 Å². The Morgan fingerprint density at radius 3 is 2.68 bits per heavy atom. The van der Waals surface area contributed by atoms with E-state index in [9.17, 15) is 0 Å². The van der Waals surface area contributed by atoms with Gasteiger partial charge in [0.1, 0.15) is 18.8 Å². The second-order valence-electron chi connectivity index (χ2n) is 4.04. The molecule has 0 atom stereocenters. The van der Waals surface area contributed by atoms with Crippen molar-refractivity contribution in [1.29, 1.82) is 0 Å². The number of rotatable bonds is 6. The fourth-order valence-electron chi connectivity index (χ4n) is 1.61. The van der Waals surface area contributed by atoms with Gasteiger partial charge in [0.15, 0.2) is 5.82 Å². The number of anilines is 1. The first-order chi connectivity index (χ1) is 9.33. The van der Waals surface area contributed by atoms with Crippen LogP contribution in [-0.2, 0) is 11.3 Å². The minimum absolute atomic E-state index is 0.377. The molecule has 0 fully saturated rings. The lowest BCUT2D eigenvalue weighted by molar-refractivity contribution is 0.178. The van der Waals surface area contributed by atoms with Gasteiger partial charge in [-0.15, -0.1) is 0 Å². The molecule has 0 aliphatic heterocycles. The molecule has 1 N–H and O–H groups in total. The normalized spacial score (nSPS) is 10.4. The number of aromatic nitrogens is 4. The van der Waals surface area contributed by atoms with Gasteiger partial charge in [0.25, 0.3) is 0 Å². The minimum Gasteiger partial charge on any atom is -0.377 e. The van der Waals surface area contributed by atoms with Gasteiger partial charge in [-0.05, 0) is 6.42 Å². The largest absolute Gasteiger partial charge is 0.377 e. The molecule has 6 heteroatoms. The minimum atomic E-state index is 0.377. The third-order valence-corrected chi connectivity index (χ3v) is 2.46. The average Bonchev–Trinajstić information content (AvgIpc) is 2.46. The molecular formula is C13H17N5O. The first kappa shape index (κ1) is 13.4. The SMILES string of the molecule is CCCNc1cc(-c2cncnc2)nc(COC)n1. The highest BCUT2D eigenvalue weighted by atomic mass is 16.5. The van der Waals surface area contributed by atoms with Crippen LogP contribution in [0.15, 0.2) is 24.8 Å². The van der Waals surface area contributed by atoms with E-state index >= 15 is 0 Å². The summed E-state index contributed by atoms with van der Waals surface area (Å²) in [5.41, 5.74) is 1.66. The molecule has 100 valence electrons. The van der Waals surface area contributed by atoms with E-state index in [1.807, 2.05) is 6.07 Å². The number of nitrogens with one attached hydrogen (secondary N) is 1. The van der Waals surface area contributed by atoms with Crippen LogP contribution in [0.1, 0.15) is 19.2 Å². The summed E-state index contributed by atoms with van der Waals surface area (Å²) in [6.45, 7) is 3.35. The van der Waals surface area contributed by atoms with Crippen molar-refractivity contribution >= 4 is 5.82 Å². The molecule has 0 spiro atoms. The smallest absolute Gasteiger partial charge is 0.157 e. The molecule has 0 saturated carbocycles. The molecule has 0 aromatic carbocycles. The van der Waals surface area contributed by atoms with E-state index in [4.69, 9.17) is 4.74 Å². The van der Waals surface area contributed by atoms with Crippen LogP contribution in [0.3, 0.4) is 0 Å². The van der Waals surface area contributed by atoms with E-state index in [2.05, 4.69) is 32.2 Å². The van der Waals surface area contributed by atoms with Gasteiger partial charge in [-0.3, -0.25) is 0 Å². The number of methoxy groups -OCH3 is 1. The Kier molecular flexibility index (Phi) is 4.74. The Labute approximate surface area is 112 Å². The summed E-state index contributed by atoms with van der Waals surface area (Å²) in [5, 5.41) is 3.26. The Balaban J connectivity index is 2.33. The van der Waals surface area contributed by atoms with Crippen molar-refractivity contribution in [3.8, 4) is 11.3 Å². The molecule has 0 aliphatic rings. The Morgan fingerprint density at radius 1 is 1.21 bits per heavy atom. The van der Waals surface area contributed by atoms with E-state index in [-0.39, 0.29) is 0 Å². The zero-order valence-corrected chi connectivity index (χ0v) is 11.1. The van der Waals surface area contributed by atoms with Crippen molar-refractivity contribution in [2.45, 2.75) is 20.0 Å². The monoisotopic (exact) mass is 259 g/mol. The van der Waals surface area contributed by atoms with Crippen molar-refractivity contribution in [3.63, 3.8) is 0 Å². The van der Waals surface area contributed by atoms with Crippen LogP contribution in [0.4, 0.5) is 5.82 Å². The van der Waals surface area contributed by atoms with Crippen LogP contribution in [0, 0.1) is 0 Å². The van der Waals surface area contributed by atoms with Crippen molar-refractivity contribution < 1.29 is 4.74 Å². The molecule has 2 aromatic heterocycles. The second-order valence-corrected chi connectivity index (χ2v) is 4.04. The molecule has 0 amide bonds. The summed E-state index contributed by atoms with van der Waals surface area (Å²) in [4.78, 5) is 16.9. The van der Waals surface area contributed by atoms with Crippen molar-refractivity contribution in [3.05, 3.63) is 30.6 Å². The maximum absolute atomic E-state index is 5.09. The summed E-state index contributed by atoms with van der Waals surface area (Å²) in [6.07, 6.45) is 6.00. The first-order valence-corrected chi connectivity index (χ1v) is 6.19. The zero-order valence-electron chi connectivity index (χ0n) is 11.1. The fraction of sp³-hybridized carbons (Fsp3) is 0.385. The first-order valence-electron chi connectivity index (χ1n) is 6.19. The van der Waals surface area contributed by atoms with Crippen LogP contribution in [0.5, 0.6) is 0 Å². The molecule has 2 rings (SSSR count). The standard InChI is InChI=1S/C13H17N5O/c1-3-4-16-12-5-11(10-6-14-9-15-7-10)17-13(18-12)8-19-2/h5-7,9H,3-4,8H2,1-2H3,(H,16,17,18). The molecule has 2 aromatic rings. The van der Waals surface area contributed by atoms with Gasteiger partial charge in [0.05, 0.1) is 5.69 Å². The van der Waals surface area contributed by atoms with E-state index in [0.29, 0.717) is 12.4 Å². The van der Waals surface area contributed by atoms with Crippen LogP contribution in [0.2, 0.25) is 0 Å². The van der Waals surface area contributed by atoms with Crippen molar-refractivity contribution in [2.75, 3.05) is 19.0 Å². The van der Waals surface area contributed by atoms with Crippen molar-refractivity contribution in [2.24, 2.45) is 0 Å². The lowest BCUT2D eigenvalue weighted by atomic mass is 10.2. The maximum atomic E-state index is 5.09. The lowest BCUT2D eigenvalue weighted by Gasteiger charge is -2.09. The van der Waals surface area contributed by atoms with E-state index < -0.39 is 0 Å². The molecule has 0 aliphatic carbocycles. The average molecular weight is 259 g/mol. The van der Waals surface area contributed by atoms with Gasteiger partial charge >= 0.3 is 0 Å². The van der Waals surface area contributed by atoms with Gasteiger partial charge in [0.2, 0.25) is 0 Å². The third kappa shape index (κ3) is 3.69. The molecule has 0 saturated heterocycles. The highest BCUT2D eigenvalue weighted by Gasteiger charge is 2.07. The third-order valence-electron chi connectivity index (χ3n) is 2.46. The Morgan fingerprint density at radius 2 is 2.00 bits per heavy atom. The summed E-state index contributed by atoms with van der Waals surface area (Å²) in [6, 6.07) is 1.90. The highest BCUT2D eigenvalue weighted by Crippen LogP contribution is 2.18. The van der Waals surface area contributed by atoms with E-state index in [1.54, 1.807) is 19.5 Å². The summed E-state index contributed by atoms with van der Waals surface area (Å²) in [5.74, 6) is 1.44. The molecular weight excluding hydrogens is 242 g/mol. The number of hydrogen-bond donors (Lipinski definition) is 1.